The summed E-state index contributed by atoms with van der Waals surface area (Å²) in [6.45, 7) is 6.28. The molecule has 0 amide bonds. The Morgan fingerprint density at radius 3 is 2.50 bits per heavy atom. The minimum atomic E-state index is -0.110. The van der Waals surface area contributed by atoms with Crippen LogP contribution in [0.2, 0.25) is 0 Å². The van der Waals surface area contributed by atoms with Gasteiger partial charge in [-0.15, -0.1) is 0 Å². The molecule has 1 aliphatic heterocycles. The molecule has 1 unspecified atom stereocenters. The lowest BCUT2D eigenvalue weighted by molar-refractivity contribution is 0.0990. The molecule has 0 aromatic heterocycles. The van der Waals surface area contributed by atoms with Gasteiger partial charge in [-0.2, -0.15) is 0 Å². The van der Waals surface area contributed by atoms with Gasteiger partial charge in [-0.05, 0) is 24.8 Å². The second-order valence-electron chi connectivity index (χ2n) is 3.55. The summed E-state index contributed by atoms with van der Waals surface area (Å²) in [5, 5.41) is 12.5. The Balaban J connectivity index is 2.32. The van der Waals surface area contributed by atoms with E-state index < -0.39 is 0 Å². The molecule has 0 aromatic carbocycles. The van der Waals surface area contributed by atoms with E-state index in [1.807, 2.05) is 0 Å². The first kappa shape index (κ1) is 8.02. The Labute approximate surface area is 62.6 Å². The van der Waals surface area contributed by atoms with Crippen LogP contribution in [-0.2, 0) is 0 Å². The zero-order valence-electron chi connectivity index (χ0n) is 6.80. The van der Waals surface area contributed by atoms with E-state index in [-0.39, 0.29) is 6.10 Å². The third kappa shape index (κ3) is 1.96. The number of hydrogen-bond donors (Lipinski definition) is 2. The van der Waals surface area contributed by atoms with Crippen molar-refractivity contribution in [2.24, 2.45) is 11.8 Å². The van der Waals surface area contributed by atoms with Gasteiger partial charge in [0.05, 0.1) is 6.10 Å². The molecule has 0 radical (unpaired) electrons. The lowest BCUT2D eigenvalue weighted by atomic mass is 9.88. The molecule has 2 heteroatoms. The maximum atomic E-state index is 9.27. The molecule has 0 aliphatic carbocycles. The molecule has 0 aromatic rings. The molecule has 2 nitrogen and oxygen atoms in total. The number of piperidine rings is 1. The third-order valence-electron chi connectivity index (χ3n) is 2.30. The zero-order valence-corrected chi connectivity index (χ0v) is 6.80. The van der Waals surface area contributed by atoms with Crippen LogP contribution in [0.25, 0.3) is 0 Å². The first-order valence-corrected chi connectivity index (χ1v) is 4.09. The van der Waals surface area contributed by atoms with Crippen LogP contribution in [-0.4, -0.2) is 24.3 Å². The van der Waals surface area contributed by atoms with Gasteiger partial charge in [-0.3, -0.25) is 0 Å². The topological polar surface area (TPSA) is 32.3 Å². The molecule has 1 saturated heterocycles. The van der Waals surface area contributed by atoms with Crippen molar-refractivity contribution in [3.63, 3.8) is 0 Å². The quantitative estimate of drug-likeness (QED) is 0.564. The van der Waals surface area contributed by atoms with Crippen molar-refractivity contribution in [1.29, 1.82) is 0 Å². The van der Waals surface area contributed by atoms with Gasteiger partial charge < -0.3 is 10.4 Å². The Morgan fingerprint density at radius 2 is 2.10 bits per heavy atom. The normalized spacial score (nSPS) is 34.8. The predicted molar refractivity (Wildman–Crippen MR) is 41.8 cm³/mol. The highest BCUT2D eigenvalue weighted by Crippen LogP contribution is 2.18. The summed E-state index contributed by atoms with van der Waals surface area (Å²) in [4.78, 5) is 0. The lowest BCUT2D eigenvalue weighted by Crippen LogP contribution is -2.41. The summed E-state index contributed by atoms with van der Waals surface area (Å²) >= 11 is 0. The van der Waals surface area contributed by atoms with Crippen molar-refractivity contribution in [2.75, 3.05) is 13.1 Å². The molecule has 10 heavy (non-hydrogen) atoms. The van der Waals surface area contributed by atoms with Crippen molar-refractivity contribution in [3.05, 3.63) is 0 Å². The van der Waals surface area contributed by atoms with Crippen LogP contribution in [0.5, 0.6) is 0 Å². The molecule has 1 heterocycles. The molecule has 1 fully saturated rings. The van der Waals surface area contributed by atoms with Gasteiger partial charge in [-0.25, -0.2) is 0 Å². The second kappa shape index (κ2) is 3.35. The van der Waals surface area contributed by atoms with E-state index >= 15 is 0 Å². The fraction of sp³-hybridized carbons (Fsp3) is 1.00. The average molecular weight is 143 g/mol. The van der Waals surface area contributed by atoms with Crippen molar-refractivity contribution in [3.8, 4) is 0 Å². The first-order valence-electron chi connectivity index (χ1n) is 4.09. The summed E-state index contributed by atoms with van der Waals surface area (Å²) in [6, 6.07) is 0. The zero-order chi connectivity index (χ0) is 7.56. The van der Waals surface area contributed by atoms with E-state index in [1.54, 1.807) is 0 Å². The van der Waals surface area contributed by atoms with Crippen molar-refractivity contribution >= 4 is 0 Å². The summed E-state index contributed by atoms with van der Waals surface area (Å²) in [7, 11) is 0. The monoisotopic (exact) mass is 143 g/mol. The largest absolute Gasteiger partial charge is 0.392 e. The van der Waals surface area contributed by atoms with Gasteiger partial charge in [0.1, 0.15) is 0 Å². The number of nitrogens with one attached hydrogen (secondary N) is 1. The minimum absolute atomic E-state index is 0.110. The van der Waals surface area contributed by atoms with Gasteiger partial charge in [0.15, 0.2) is 0 Å². The maximum absolute atomic E-state index is 9.27. The van der Waals surface area contributed by atoms with Crippen LogP contribution < -0.4 is 5.32 Å². The number of hydrogen-bond acceptors (Lipinski definition) is 2. The molecule has 0 bridgehead atoms. The van der Waals surface area contributed by atoms with Gasteiger partial charge in [0.2, 0.25) is 0 Å². The van der Waals surface area contributed by atoms with E-state index in [0.29, 0.717) is 11.8 Å². The van der Waals surface area contributed by atoms with Crippen LogP contribution in [0.15, 0.2) is 0 Å². The van der Waals surface area contributed by atoms with E-state index in [4.69, 9.17) is 0 Å². The van der Waals surface area contributed by atoms with E-state index in [2.05, 4.69) is 19.2 Å². The van der Waals surface area contributed by atoms with Gasteiger partial charge in [0, 0.05) is 6.54 Å². The molecule has 1 rings (SSSR count). The van der Waals surface area contributed by atoms with Crippen molar-refractivity contribution < 1.29 is 5.11 Å². The Morgan fingerprint density at radius 1 is 1.40 bits per heavy atom. The van der Waals surface area contributed by atoms with Crippen molar-refractivity contribution in [1.82, 2.24) is 5.32 Å². The highest BCUT2D eigenvalue weighted by atomic mass is 16.3. The first-order chi connectivity index (χ1) is 4.70. The highest BCUT2D eigenvalue weighted by Gasteiger charge is 2.21. The fourth-order valence-corrected chi connectivity index (χ4v) is 1.46. The van der Waals surface area contributed by atoms with Crippen LogP contribution >= 0.6 is 0 Å². The predicted octanol–water partition coefficient (Wildman–Crippen LogP) is 0.613. The average Bonchev–Trinajstić information content (AvgIpc) is 1.88. The molecular formula is C8H17NO. The molecule has 0 saturated carbocycles. The smallest absolute Gasteiger partial charge is 0.0667 e. The third-order valence-corrected chi connectivity index (χ3v) is 2.30. The second-order valence-corrected chi connectivity index (χ2v) is 3.55. The number of aliphatic hydroxyl groups is 1. The van der Waals surface area contributed by atoms with Crippen molar-refractivity contribution in [2.45, 2.75) is 26.4 Å². The molecule has 0 spiro atoms. The van der Waals surface area contributed by atoms with Gasteiger partial charge >= 0.3 is 0 Å². The summed E-state index contributed by atoms with van der Waals surface area (Å²) < 4.78 is 0. The Bertz CT molecular complexity index is 103. The van der Waals surface area contributed by atoms with E-state index in [0.717, 1.165) is 19.5 Å². The Hall–Kier alpha value is -0.0800. The lowest BCUT2D eigenvalue weighted by Gasteiger charge is -2.29. The molecule has 2 N–H and O–H groups in total. The number of aliphatic hydroxyl groups excluding tert-OH is 1. The van der Waals surface area contributed by atoms with E-state index in [9.17, 15) is 5.11 Å². The van der Waals surface area contributed by atoms with Crippen LogP contribution in [0, 0.1) is 11.8 Å². The van der Waals surface area contributed by atoms with Gasteiger partial charge in [-0.1, -0.05) is 13.8 Å². The molecule has 2 atom stereocenters. The molecule has 1 aliphatic rings. The minimum Gasteiger partial charge on any atom is -0.392 e. The summed E-state index contributed by atoms with van der Waals surface area (Å²) in [5.41, 5.74) is 0. The van der Waals surface area contributed by atoms with Crippen LogP contribution in [0.1, 0.15) is 20.3 Å². The number of β-amino-alcohol motifs (C(OH)–C–C–N with tert-alkyl or cyclic N) is 1. The summed E-state index contributed by atoms with van der Waals surface area (Å²) in [6.07, 6.45) is 0.867. The maximum Gasteiger partial charge on any atom is 0.0667 e. The Kier molecular flexibility index (Phi) is 2.69. The summed E-state index contributed by atoms with van der Waals surface area (Å²) in [5.74, 6) is 1.37. The van der Waals surface area contributed by atoms with Crippen LogP contribution in [0.3, 0.4) is 0 Å². The van der Waals surface area contributed by atoms with E-state index in [1.165, 1.54) is 0 Å². The number of rotatable bonds is 1. The van der Waals surface area contributed by atoms with Crippen LogP contribution in [0.4, 0.5) is 0 Å². The molecule has 60 valence electrons. The SMILES string of the molecule is CC(C)[C@H]1CNCC(O)C1. The van der Waals surface area contributed by atoms with Gasteiger partial charge in [0.25, 0.3) is 0 Å². The fourth-order valence-electron chi connectivity index (χ4n) is 1.46. The molecular weight excluding hydrogens is 126 g/mol. The highest BCUT2D eigenvalue weighted by molar-refractivity contribution is 4.76. The standard InChI is InChI=1S/C8H17NO/c1-6(2)7-3-8(10)5-9-4-7/h6-10H,3-5H2,1-2H3/t7-,8?/m1/s1.